The molecular formula is C12H15N3OS. The lowest BCUT2D eigenvalue weighted by atomic mass is 10.1. The summed E-state index contributed by atoms with van der Waals surface area (Å²) in [6.45, 7) is 4.76. The second kappa shape index (κ2) is 5.33. The number of nitrogens with zero attached hydrogens (tertiary/aromatic N) is 2. The lowest BCUT2D eigenvalue weighted by molar-refractivity contribution is 0.429. The van der Waals surface area contributed by atoms with Gasteiger partial charge in [0.25, 0.3) is 5.22 Å². The molecule has 0 spiro atoms. The predicted molar refractivity (Wildman–Crippen MR) is 67.1 cm³/mol. The average molecular weight is 249 g/mol. The molecule has 1 heterocycles. The van der Waals surface area contributed by atoms with Gasteiger partial charge in [0, 0.05) is 18.4 Å². The van der Waals surface area contributed by atoms with Crippen LogP contribution in [0.15, 0.2) is 32.7 Å². The van der Waals surface area contributed by atoms with E-state index in [4.69, 9.17) is 4.42 Å². The predicted octanol–water partition coefficient (Wildman–Crippen LogP) is 2.56. The summed E-state index contributed by atoms with van der Waals surface area (Å²) < 4.78 is 5.35. The van der Waals surface area contributed by atoms with Crippen molar-refractivity contribution in [3.63, 3.8) is 0 Å². The summed E-state index contributed by atoms with van der Waals surface area (Å²) in [5, 5.41) is 11.5. The minimum Gasteiger partial charge on any atom is -0.416 e. The zero-order valence-corrected chi connectivity index (χ0v) is 11.0. The van der Waals surface area contributed by atoms with Gasteiger partial charge in [0.1, 0.15) is 0 Å². The third-order valence-corrected chi connectivity index (χ3v) is 3.34. The molecule has 2 rings (SSSR count). The molecule has 0 unspecified atom stereocenters. The Kier molecular flexibility index (Phi) is 3.81. The van der Waals surface area contributed by atoms with E-state index in [0.717, 1.165) is 11.4 Å². The van der Waals surface area contributed by atoms with Gasteiger partial charge in [-0.25, -0.2) is 0 Å². The van der Waals surface area contributed by atoms with Crippen LogP contribution in [0.5, 0.6) is 0 Å². The zero-order valence-electron chi connectivity index (χ0n) is 10.2. The molecule has 0 aliphatic carbocycles. The number of aromatic nitrogens is 2. The van der Waals surface area contributed by atoms with Crippen LogP contribution in [-0.4, -0.2) is 17.2 Å². The Morgan fingerprint density at radius 1 is 1.29 bits per heavy atom. The van der Waals surface area contributed by atoms with Crippen LogP contribution < -0.4 is 5.32 Å². The van der Waals surface area contributed by atoms with Crippen LogP contribution in [0.2, 0.25) is 0 Å². The first-order chi connectivity index (χ1) is 8.19. The summed E-state index contributed by atoms with van der Waals surface area (Å²) >= 11 is 1.50. The molecule has 1 N–H and O–H groups in total. The van der Waals surface area contributed by atoms with Crippen molar-refractivity contribution in [2.75, 3.05) is 7.05 Å². The lowest BCUT2D eigenvalue weighted by Crippen LogP contribution is -2.05. The molecule has 0 bridgehead atoms. The highest BCUT2D eigenvalue weighted by atomic mass is 32.2. The van der Waals surface area contributed by atoms with E-state index < -0.39 is 0 Å². The minimum absolute atomic E-state index is 0.590. The molecular weight excluding hydrogens is 234 g/mol. The molecule has 17 heavy (non-hydrogen) atoms. The number of nitrogens with one attached hydrogen (secondary N) is 1. The van der Waals surface area contributed by atoms with E-state index in [2.05, 4.69) is 40.6 Å². The summed E-state index contributed by atoms with van der Waals surface area (Å²) in [5.41, 5.74) is 2.50. The van der Waals surface area contributed by atoms with Crippen molar-refractivity contribution in [3.8, 4) is 0 Å². The normalized spacial score (nSPS) is 10.8. The van der Waals surface area contributed by atoms with Gasteiger partial charge in [0.15, 0.2) is 0 Å². The van der Waals surface area contributed by atoms with Crippen LogP contribution in [0.25, 0.3) is 0 Å². The molecule has 0 atom stereocenters. The minimum atomic E-state index is 0.590. The summed E-state index contributed by atoms with van der Waals surface area (Å²) in [6.07, 6.45) is 0. The first-order valence-corrected chi connectivity index (χ1v) is 6.23. The Bertz CT molecular complexity index is 510. The van der Waals surface area contributed by atoms with Gasteiger partial charge in [0.2, 0.25) is 5.89 Å². The topological polar surface area (TPSA) is 51.0 Å². The maximum Gasteiger partial charge on any atom is 0.281 e. The molecule has 4 nitrogen and oxygen atoms in total. The third-order valence-electron chi connectivity index (χ3n) is 2.33. The fourth-order valence-corrected chi connectivity index (χ4v) is 2.34. The quantitative estimate of drug-likeness (QED) is 0.902. The first kappa shape index (κ1) is 12.1. The van der Waals surface area contributed by atoms with Crippen molar-refractivity contribution >= 4 is 11.8 Å². The van der Waals surface area contributed by atoms with E-state index in [1.54, 1.807) is 6.92 Å². The lowest BCUT2D eigenvalue weighted by Gasteiger charge is -2.05. The number of rotatable bonds is 4. The number of hydrogen-bond acceptors (Lipinski definition) is 5. The molecule has 0 fully saturated rings. The summed E-state index contributed by atoms with van der Waals surface area (Å²) in [6, 6.07) is 6.36. The Hall–Kier alpha value is -1.33. The van der Waals surface area contributed by atoms with Crippen LogP contribution in [0.1, 0.15) is 17.0 Å². The van der Waals surface area contributed by atoms with Crippen LogP contribution in [0.4, 0.5) is 0 Å². The van der Waals surface area contributed by atoms with E-state index in [1.165, 1.54) is 22.9 Å². The molecule has 0 amide bonds. The van der Waals surface area contributed by atoms with Gasteiger partial charge in [0.05, 0.1) is 0 Å². The molecule has 1 aromatic carbocycles. The smallest absolute Gasteiger partial charge is 0.281 e. The highest BCUT2D eigenvalue weighted by molar-refractivity contribution is 7.99. The van der Waals surface area contributed by atoms with Gasteiger partial charge in [-0.05, 0) is 42.9 Å². The van der Waals surface area contributed by atoms with Gasteiger partial charge >= 0.3 is 0 Å². The van der Waals surface area contributed by atoms with Crippen LogP contribution in [0.3, 0.4) is 0 Å². The highest BCUT2D eigenvalue weighted by Crippen LogP contribution is 2.29. The van der Waals surface area contributed by atoms with Gasteiger partial charge < -0.3 is 9.73 Å². The molecule has 90 valence electrons. The molecule has 0 aliphatic heterocycles. The summed E-state index contributed by atoms with van der Waals surface area (Å²) in [4.78, 5) is 1.15. The maximum absolute atomic E-state index is 5.35. The second-order valence-electron chi connectivity index (χ2n) is 3.82. The SMILES string of the molecule is CNCc1ccc(Sc2nnc(C)o2)c(C)c1. The van der Waals surface area contributed by atoms with Crippen LogP contribution in [0, 0.1) is 13.8 Å². The molecule has 0 saturated carbocycles. The van der Waals surface area contributed by atoms with Crippen molar-refractivity contribution < 1.29 is 4.42 Å². The largest absolute Gasteiger partial charge is 0.416 e. The summed E-state index contributed by atoms with van der Waals surface area (Å²) in [5.74, 6) is 0.594. The number of aryl methyl sites for hydroxylation is 2. The van der Waals surface area contributed by atoms with Gasteiger partial charge in [-0.2, -0.15) is 0 Å². The summed E-state index contributed by atoms with van der Waals surface area (Å²) in [7, 11) is 1.94. The fourth-order valence-electron chi connectivity index (χ4n) is 1.55. The van der Waals surface area contributed by atoms with Crippen molar-refractivity contribution in [1.29, 1.82) is 0 Å². The van der Waals surface area contributed by atoms with Crippen molar-refractivity contribution in [2.45, 2.75) is 30.5 Å². The molecule has 5 heteroatoms. The molecule has 0 radical (unpaired) electrons. The average Bonchev–Trinajstić information content (AvgIpc) is 2.69. The van der Waals surface area contributed by atoms with E-state index >= 15 is 0 Å². The van der Waals surface area contributed by atoms with Crippen molar-refractivity contribution in [2.24, 2.45) is 0 Å². The van der Waals surface area contributed by atoms with Crippen molar-refractivity contribution in [1.82, 2.24) is 15.5 Å². The third kappa shape index (κ3) is 3.08. The van der Waals surface area contributed by atoms with E-state index in [0.29, 0.717) is 11.1 Å². The van der Waals surface area contributed by atoms with Gasteiger partial charge in [-0.15, -0.1) is 10.2 Å². The van der Waals surface area contributed by atoms with Crippen LogP contribution in [-0.2, 0) is 6.54 Å². The van der Waals surface area contributed by atoms with Gasteiger partial charge in [-0.3, -0.25) is 0 Å². The fraction of sp³-hybridized carbons (Fsp3) is 0.333. The molecule has 0 aliphatic rings. The van der Waals surface area contributed by atoms with E-state index in [9.17, 15) is 0 Å². The van der Waals surface area contributed by atoms with Gasteiger partial charge in [-0.1, -0.05) is 12.1 Å². The Labute approximate surface area is 105 Å². The number of hydrogen-bond donors (Lipinski definition) is 1. The number of benzene rings is 1. The standard InChI is InChI=1S/C12H15N3OS/c1-8-6-10(7-13-3)4-5-11(8)17-12-15-14-9(2)16-12/h4-6,13H,7H2,1-3H3. The van der Waals surface area contributed by atoms with Crippen LogP contribution >= 0.6 is 11.8 Å². The second-order valence-corrected chi connectivity index (χ2v) is 4.81. The van der Waals surface area contributed by atoms with Crippen molar-refractivity contribution in [3.05, 3.63) is 35.2 Å². The first-order valence-electron chi connectivity index (χ1n) is 5.41. The Morgan fingerprint density at radius 2 is 2.12 bits per heavy atom. The molecule has 0 saturated heterocycles. The van der Waals surface area contributed by atoms with E-state index in [1.807, 2.05) is 7.05 Å². The Morgan fingerprint density at radius 3 is 2.71 bits per heavy atom. The molecule has 1 aromatic heterocycles. The van der Waals surface area contributed by atoms with E-state index in [-0.39, 0.29) is 0 Å². The maximum atomic E-state index is 5.35. The Balaban J connectivity index is 2.16. The monoisotopic (exact) mass is 249 g/mol. The molecule has 2 aromatic rings. The zero-order chi connectivity index (χ0) is 12.3. The highest BCUT2D eigenvalue weighted by Gasteiger charge is 2.07.